The average molecular weight is 262 g/mol. The van der Waals surface area contributed by atoms with E-state index >= 15 is 0 Å². The van der Waals surface area contributed by atoms with E-state index in [1.807, 2.05) is 25.1 Å². The minimum Gasteiger partial charge on any atom is -0.465 e. The standard InChI is InChI=1S/C15H22N2O2/c1-2-19-15(18)14-8-5-9-17(14)11-13-7-4-3-6-12(13)10-16/h3-4,6-7,14H,2,5,8-11,16H2,1H3. The second-order valence-corrected chi connectivity index (χ2v) is 4.85. The van der Waals surface area contributed by atoms with E-state index in [9.17, 15) is 4.79 Å². The zero-order chi connectivity index (χ0) is 13.7. The lowest BCUT2D eigenvalue weighted by atomic mass is 10.1. The molecule has 19 heavy (non-hydrogen) atoms. The molecule has 2 N–H and O–H groups in total. The largest absolute Gasteiger partial charge is 0.465 e. The van der Waals surface area contributed by atoms with Gasteiger partial charge >= 0.3 is 5.97 Å². The number of likely N-dealkylation sites (tertiary alicyclic amines) is 1. The fourth-order valence-electron chi connectivity index (χ4n) is 2.65. The van der Waals surface area contributed by atoms with E-state index in [1.54, 1.807) is 0 Å². The number of carbonyl (C=O) groups is 1. The van der Waals surface area contributed by atoms with E-state index in [0.29, 0.717) is 13.2 Å². The summed E-state index contributed by atoms with van der Waals surface area (Å²) in [4.78, 5) is 14.1. The van der Waals surface area contributed by atoms with Gasteiger partial charge in [-0.05, 0) is 37.4 Å². The van der Waals surface area contributed by atoms with Crippen LogP contribution in [0.25, 0.3) is 0 Å². The Morgan fingerprint density at radius 3 is 2.84 bits per heavy atom. The Kier molecular flexibility index (Phi) is 4.93. The number of benzene rings is 1. The maximum Gasteiger partial charge on any atom is 0.323 e. The molecule has 1 unspecified atom stereocenters. The highest BCUT2D eigenvalue weighted by atomic mass is 16.5. The molecule has 1 atom stereocenters. The van der Waals surface area contributed by atoms with Gasteiger partial charge in [0.15, 0.2) is 0 Å². The quantitative estimate of drug-likeness (QED) is 0.820. The third kappa shape index (κ3) is 3.33. The SMILES string of the molecule is CCOC(=O)C1CCCN1Cc1ccccc1CN. The summed E-state index contributed by atoms with van der Waals surface area (Å²) in [5, 5.41) is 0. The van der Waals surface area contributed by atoms with Crippen LogP contribution in [0.15, 0.2) is 24.3 Å². The summed E-state index contributed by atoms with van der Waals surface area (Å²) >= 11 is 0. The molecule has 1 aliphatic rings. The van der Waals surface area contributed by atoms with Gasteiger partial charge < -0.3 is 10.5 Å². The summed E-state index contributed by atoms with van der Waals surface area (Å²) < 4.78 is 5.15. The van der Waals surface area contributed by atoms with Crippen molar-refractivity contribution in [2.24, 2.45) is 5.73 Å². The van der Waals surface area contributed by atoms with Gasteiger partial charge in [-0.3, -0.25) is 9.69 Å². The number of nitrogens with two attached hydrogens (primary N) is 1. The zero-order valence-electron chi connectivity index (χ0n) is 11.5. The van der Waals surface area contributed by atoms with Gasteiger partial charge in [-0.25, -0.2) is 0 Å². The van der Waals surface area contributed by atoms with Gasteiger partial charge in [0.05, 0.1) is 6.61 Å². The van der Waals surface area contributed by atoms with Crippen molar-refractivity contribution in [3.8, 4) is 0 Å². The van der Waals surface area contributed by atoms with Crippen molar-refractivity contribution in [3.05, 3.63) is 35.4 Å². The number of hydrogen-bond donors (Lipinski definition) is 1. The Hall–Kier alpha value is -1.39. The molecule has 1 fully saturated rings. The van der Waals surface area contributed by atoms with Crippen molar-refractivity contribution < 1.29 is 9.53 Å². The van der Waals surface area contributed by atoms with Crippen molar-refractivity contribution in [2.75, 3.05) is 13.2 Å². The fraction of sp³-hybridized carbons (Fsp3) is 0.533. The van der Waals surface area contributed by atoms with Crippen LogP contribution in [-0.2, 0) is 22.6 Å². The first kappa shape index (κ1) is 14.0. The van der Waals surface area contributed by atoms with Gasteiger partial charge in [-0.15, -0.1) is 0 Å². The van der Waals surface area contributed by atoms with Gasteiger partial charge in [-0.1, -0.05) is 24.3 Å². The van der Waals surface area contributed by atoms with Crippen LogP contribution in [0.1, 0.15) is 30.9 Å². The summed E-state index contributed by atoms with van der Waals surface area (Å²) in [5.41, 5.74) is 8.12. The van der Waals surface area contributed by atoms with Crippen molar-refractivity contribution in [1.82, 2.24) is 4.90 Å². The molecule has 0 radical (unpaired) electrons. The second-order valence-electron chi connectivity index (χ2n) is 4.85. The predicted molar refractivity (Wildman–Crippen MR) is 74.4 cm³/mol. The zero-order valence-corrected chi connectivity index (χ0v) is 11.5. The Morgan fingerprint density at radius 2 is 2.16 bits per heavy atom. The molecular formula is C15H22N2O2. The molecule has 104 valence electrons. The summed E-state index contributed by atoms with van der Waals surface area (Å²) in [6.45, 7) is 4.55. The van der Waals surface area contributed by atoms with Gasteiger partial charge in [0.2, 0.25) is 0 Å². The Labute approximate surface area is 114 Å². The number of ether oxygens (including phenoxy) is 1. The molecule has 4 nitrogen and oxygen atoms in total. The highest BCUT2D eigenvalue weighted by Crippen LogP contribution is 2.22. The molecule has 1 heterocycles. The third-order valence-corrected chi connectivity index (χ3v) is 3.63. The van der Waals surface area contributed by atoms with Crippen LogP contribution in [-0.4, -0.2) is 30.1 Å². The lowest BCUT2D eigenvalue weighted by molar-refractivity contribution is -0.148. The molecule has 0 saturated carbocycles. The van der Waals surface area contributed by atoms with Crippen LogP contribution in [0.3, 0.4) is 0 Å². The third-order valence-electron chi connectivity index (χ3n) is 3.63. The van der Waals surface area contributed by atoms with E-state index in [2.05, 4.69) is 11.0 Å². The van der Waals surface area contributed by atoms with E-state index in [0.717, 1.165) is 31.5 Å². The minimum absolute atomic E-state index is 0.0919. The Bertz CT molecular complexity index is 434. The lowest BCUT2D eigenvalue weighted by Gasteiger charge is -2.23. The van der Waals surface area contributed by atoms with E-state index < -0.39 is 0 Å². The molecule has 1 aliphatic heterocycles. The van der Waals surface area contributed by atoms with Crippen molar-refractivity contribution in [2.45, 2.75) is 38.9 Å². The molecular weight excluding hydrogens is 240 g/mol. The molecule has 2 rings (SSSR count). The number of esters is 1. The topological polar surface area (TPSA) is 55.6 Å². The van der Waals surface area contributed by atoms with Gasteiger partial charge in [0, 0.05) is 13.1 Å². The number of hydrogen-bond acceptors (Lipinski definition) is 4. The number of nitrogens with zero attached hydrogens (tertiary/aromatic N) is 1. The van der Waals surface area contributed by atoms with Crippen LogP contribution in [0.4, 0.5) is 0 Å². The molecule has 4 heteroatoms. The monoisotopic (exact) mass is 262 g/mol. The van der Waals surface area contributed by atoms with Crippen molar-refractivity contribution in [1.29, 1.82) is 0 Å². The molecule has 0 amide bonds. The van der Waals surface area contributed by atoms with Crippen molar-refractivity contribution >= 4 is 5.97 Å². The van der Waals surface area contributed by atoms with E-state index in [-0.39, 0.29) is 12.0 Å². The van der Waals surface area contributed by atoms with Crippen LogP contribution in [0, 0.1) is 0 Å². The average Bonchev–Trinajstić information content (AvgIpc) is 2.88. The molecule has 0 aliphatic carbocycles. The summed E-state index contributed by atoms with van der Waals surface area (Å²) in [6.07, 6.45) is 1.94. The first-order valence-electron chi connectivity index (χ1n) is 6.93. The van der Waals surface area contributed by atoms with Crippen LogP contribution in [0.2, 0.25) is 0 Å². The first-order valence-corrected chi connectivity index (χ1v) is 6.93. The summed E-state index contributed by atoms with van der Waals surface area (Å²) in [7, 11) is 0. The van der Waals surface area contributed by atoms with Crippen molar-refractivity contribution in [3.63, 3.8) is 0 Å². The predicted octanol–water partition coefficient (Wildman–Crippen LogP) is 1.67. The smallest absolute Gasteiger partial charge is 0.323 e. The first-order chi connectivity index (χ1) is 9.26. The fourth-order valence-corrected chi connectivity index (χ4v) is 2.65. The van der Waals surface area contributed by atoms with Gasteiger partial charge in [-0.2, -0.15) is 0 Å². The minimum atomic E-state index is -0.0924. The summed E-state index contributed by atoms with van der Waals surface area (Å²) in [5.74, 6) is -0.0924. The molecule has 1 aromatic carbocycles. The molecule has 0 spiro atoms. The van der Waals surface area contributed by atoms with Gasteiger partial charge in [0.25, 0.3) is 0 Å². The van der Waals surface area contributed by atoms with Crippen LogP contribution in [0.5, 0.6) is 0 Å². The second kappa shape index (κ2) is 6.68. The molecule has 0 aromatic heterocycles. The van der Waals surface area contributed by atoms with Crippen LogP contribution >= 0.6 is 0 Å². The van der Waals surface area contributed by atoms with Gasteiger partial charge in [0.1, 0.15) is 6.04 Å². The maximum atomic E-state index is 11.9. The number of rotatable bonds is 5. The summed E-state index contributed by atoms with van der Waals surface area (Å²) in [6, 6.07) is 8.06. The maximum absolute atomic E-state index is 11.9. The van der Waals surface area contributed by atoms with E-state index in [4.69, 9.17) is 10.5 Å². The molecule has 0 bridgehead atoms. The highest BCUT2D eigenvalue weighted by molar-refractivity contribution is 5.76. The molecule has 1 saturated heterocycles. The Balaban J connectivity index is 2.07. The number of carbonyl (C=O) groups excluding carboxylic acids is 1. The van der Waals surface area contributed by atoms with Crippen LogP contribution < -0.4 is 5.73 Å². The highest BCUT2D eigenvalue weighted by Gasteiger charge is 2.31. The lowest BCUT2D eigenvalue weighted by Crippen LogP contribution is -2.37. The molecule has 1 aromatic rings. The van der Waals surface area contributed by atoms with E-state index in [1.165, 1.54) is 5.56 Å². The Morgan fingerprint density at radius 1 is 1.42 bits per heavy atom. The normalized spacial score (nSPS) is 19.6.